The zero-order valence-corrected chi connectivity index (χ0v) is 17.5. The summed E-state index contributed by atoms with van der Waals surface area (Å²) in [5.74, 6) is 1.42. The van der Waals surface area contributed by atoms with E-state index in [-0.39, 0.29) is 5.41 Å². The summed E-state index contributed by atoms with van der Waals surface area (Å²) in [6, 6.07) is 0. The molecule has 0 spiro atoms. The van der Waals surface area contributed by atoms with Gasteiger partial charge in [0.15, 0.2) is 5.96 Å². The van der Waals surface area contributed by atoms with Crippen LogP contribution in [0.4, 0.5) is 0 Å². The van der Waals surface area contributed by atoms with Gasteiger partial charge in [-0.25, -0.2) is 9.98 Å². The van der Waals surface area contributed by atoms with Gasteiger partial charge in [-0.3, -0.25) is 0 Å². The molecule has 0 radical (unpaired) electrons. The zero-order valence-electron chi connectivity index (χ0n) is 16.6. The number of aromatic nitrogens is 1. The van der Waals surface area contributed by atoms with Crippen molar-refractivity contribution in [3.05, 3.63) is 16.1 Å². The second-order valence-electron chi connectivity index (χ2n) is 7.66. The van der Waals surface area contributed by atoms with E-state index in [0.717, 1.165) is 69.0 Å². The molecule has 148 valence electrons. The summed E-state index contributed by atoms with van der Waals surface area (Å²) < 4.78 is 11.1. The Hall–Kier alpha value is -1.18. The molecule has 0 aromatic carbocycles. The van der Waals surface area contributed by atoms with Gasteiger partial charge < -0.3 is 20.1 Å². The van der Waals surface area contributed by atoms with Crippen molar-refractivity contribution in [3.63, 3.8) is 0 Å². The van der Waals surface area contributed by atoms with Crippen molar-refractivity contribution >= 4 is 17.3 Å². The SMILES string of the molecule is CCNC(=NCc1nc(C(C)(C)C)cs1)NCCCOCC1CCOC1. The molecule has 0 amide bonds. The summed E-state index contributed by atoms with van der Waals surface area (Å²) in [7, 11) is 0. The van der Waals surface area contributed by atoms with Crippen LogP contribution in [0.2, 0.25) is 0 Å². The number of aliphatic imine (C=N–C) groups is 1. The lowest BCUT2D eigenvalue weighted by atomic mass is 9.93. The van der Waals surface area contributed by atoms with E-state index in [2.05, 4.69) is 48.7 Å². The third-order valence-corrected chi connectivity index (χ3v) is 5.01. The molecule has 1 unspecified atom stereocenters. The number of thiazole rings is 1. The fourth-order valence-corrected chi connectivity index (χ4v) is 3.51. The molecule has 1 atom stereocenters. The highest BCUT2D eigenvalue weighted by Gasteiger charge is 2.17. The zero-order chi connectivity index (χ0) is 18.8. The van der Waals surface area contributed by atoms with Gasteiger partial charge in [0, 0.05) is 43.0 Å². The van der Waals surface area contributed by atoms with Crippen LogP contribution >= 0.6 is 11.3 Å². The third-order valence-electron chi connectivity index (χ3n) is 4.17. The summed E-state index contributed by atoms with van der Waals surface area (Å²) >= 11 is 1.68. The molecule has 1 aliphatic heterocycles. The predicted octanol–water partition coefficient (Wildman–Crippen LogP) is 2.94. The van der Waals surface area contributed by atoms with E-state index in [1.165, 1.54) is 0 Å². The van der Waals surface area contributed by atoms with Gasteiger partial charge in [0.05, 0.1) is 25.5 Å². The van der Waals surface area contributed by atoms with Gasteiger partial charge in [-0.05, 0) is 19.8 Å². The fraction of sp³-hybridized carbons (Fsp3) is 0.789. The Labute approximate surface area is 161 Å². The van der Waals surface area contributed by atoms with E-state index in [4.69, 9.17) is 14.5 Å². The molecule has 1 fully saturated rings. The quantitative estimate of drug-likeness (QED) is 0.390. The van der Waals surface area contributed by atoms with Crippen LogP contribution < -0.4 is 10.6 Å². The predicted molar refractivity (Wildman–Crippen MR) is 108 cm³/mol. The maximum atomic E-state index is 5.73. The number of hydrogen-bond donors (Lipinski definition) is 2. The highest BCUT2D eigenvalue weighted by atomic mass is 32.1. The highest BCUT2D eigenvalue weighted by Crippen LogP contribution is 2.24. The van der Waals surface area contributed by atoms with Gasteiger partial charge in [-0.1, -0.05) is 20.8 Å². The molecule has 1 aliphatic rings. The molecule has 2 N–H and O–H groups in total. The minimum atomic E-state index is 0.0891. The molecular weight excluding hydrogens is 348 g/mol. The van der Waals surface area contributed by atoms with Gasteiger partial charge >= 0.3 is 0 Å². The van der Waals surface area contributed by atoms with Crippen LogP contribution in [0.25, 0.3) is 0 Å². The molecule has 7 heteroatoms. The van der Waals surface area contributed by atoms with Crippen LogP contribution in [0.15, 0.2) is 10.4 Å². The van der Waals surface area contributed by atoms with Crippen LogP contribution in [0.5, 0.6) is 0 Å². The fourth-order valence-electron chi connectivity index (χ4n) is 2.56. The van der Waals surface area contributed by atoms with Crippen molar-refractivity contribution < 1.29 is 9.47 Å². The van der Waals surface area contributed by atoms with Crippen LogP contribution in [0, 0.1) is 5.92 Å². The normalized spacial score (nSPS) is 18.3. The Morgan fingerprint density at radius 2 is 2.27 bits per heavy atom. The van der Waals surface area contributed by atoms with Gasteiger partial charge in [0.25, 0.3) is 0 Å². The van der Waals surface area contributed by atoms with Gasteiger partial charge in [0.1, 0.15) is 5.01 Å². The third kappa shape index (κ3) is 7.60. The first-order valence-corrected chi connectivity index (χ1v) is 10.5. The van der Waals surface area contributed by atoms with E-state index >= 15 is 0 Å². The lowest BCUT2D eigenvalue weighted by Gasteiger charge is -2.14. The number of guanidine groups is 1. The summed E-state index contributed by atoms with van der Waals surface area (Å²) in [5, 5.41) is 9.84. The maximum absolute atomic E-state index is 5.73. The maximum Gasteiger partial charge on any atom is 0.191 e. The average molecular weight is 383 g/mol. The smallest absolute Gasteiger partial charge is 0.191 e. The summed E-state index contributed by atoms with van der Waals surface area (Å²) in [5.41, 5.74) is 1.22. The second kappa shape index (κ2) is 10.8. The first-order valence-electron chi connectivity index (χ1n) is 9.61. The number of ether oxygens (including phenoxy) is 2. The van der Waals surface area contributed by atoms with Gasteiger partial charge in [-0.15, -0.1) is 11.3 Å². The Balaban J connectivity index is 1.68. The molecule has 0 aliphatic carbocycles. The minimum absolute atomic E-state index is 0.0891. The molecule has 26 heavy (non-hydrogen) atoms. The molecule has 6 nitrogen and oxygen atoms in total. The Kier molecular flexibility index (Phi) is 8.81. The molecule has 1 saturated heterocycles. The monoisotopic (exact) mass is 382 g/mol. The van der Waals surface area contributed by atoms with Crippen LogP contribution in [0.3, 0.4) is 0 Å². The van der Waals surface area contributed by atoms with Crippen LogP contribution in [-0.2, 0) is 21.4 Å². The largest absolute Gasteiger partial charge is 0.381 e. The number of rotatable bonds is 9. The highest BCUT2D eigenvalue weighted by molar-refractivity contribution is 7.09. The van der Waals surface area contributed by atoms with Crippen molar-refractivity contribution in [1.29, 1.82) is 0 Å². The van der Waals surface area contributed by atoms with Crippen LogP contribution in [0.1, 0.15) is 51.2 Å². The lowest BCUT2D eigenvalue weighted by Crippen LogP contribution is -2.38. The van der Waals surface area contributed by atoms with E-state index in [0.29, 0.717) is 12.5 Å². The topological polar surface area (TPSA) is 67.8 Å². The van der Waals surface area contributed by atoms with Crippen molar-refractivity contribution in [2.75, 3.05) is 39.5 Å². The van der Waals surface area contributed by atoms with Crippen molar-refractivity contribution in [3.8, 4) is 0 Å². The first-order chi connectivity index (χ1) is 12.5. The van der Waals surface area contributed by atoms with E-state index < -0.39 is 0 Å². The Bertz CT molecular complexity index is 548. The second-order valence-corrected chi connectivity index (χ2v) is 8.60. The Morgan fingerprint density at radius 1 is 1.42 bits per heavy atom. The van der Waals surface area contributed by atoms with Gasteiger partial charge in [0.2, 0.25) is 0 Å². The lowest BCUT2D eigenvalue weighted by molar-refractivity contribution is 0.0888. The number of nitrogens with zero attached hydrogens (tertiary/aromatic N) is 2. The van der Waals surface area contributed by atoms with Crippen molar-refractivity contribution in [1.82, 2.24) is 15.6 Å². The van der Waals surface area contributed by atoms with Crippen LogP contribution in [-0.4, -0.2) is 50.5 Å². The first kappa shape index (κ1) is 21.1. The minimum Gasteiger partial charge on any atom is -0.381 e. The summed E-state index contributed by atoms with van der Waals surface area (Å²) in [6.07, 6.45) is 2.09. The van der Waals surface area contributed by atoms with E-state index in [9.17, 15) is 0 Å². The summed E-state index contributed by atoms with van der Waals surface area (Å²) in [4.78, 5) is 9.34. The molecule has 1 aromatic heterocycles. The Morgan fingerprint density at radius 3 is 2.92 bits per heavy atom. The van der Waals surface area contributed by atoms with Crippen molar-refractivity contribution in [2.45, 2.75) is 52.5 Å². The standard InChI is InChI=1S/C19H34N4O2S/c1-5-20-18(21-8-6-9-24-12-15-7-10-25-13-15)22-11-17-23-16(14-26-17)19(2,3)4/h14-15H,5-13H2,1-4H3,(H2,20,21,22). The van der Waals surface area contributed by atoms with Gasteiger partial charge in [-0.2, -0.15) is 0 Å². The molecular formula is C19H34N4O2S. The molecule has 2 heterocycles. The van der Waals surface area contributed by atoms with E-state index in [1.54, 1.807) is 11.3 Å². The molecule has 0 saturated carbocycles. The average Bonchev–Trinajstić information content (AvgIpc) is 3.26. The number of hydrogen-bond acceptors (Lipinski definition) is 5. The molecule has 1 aromatic rings. The molecule has 0 bridgehead atoms. The van der Waals surface area contributed by atoms with Crippen molar-refractivity contribution in [2.24, 2.45) is 10.9 Å². The summed E-state index contributed by atoms with van der Waals surface area (Å²) in [6.45, 7) is 14.2. The number of nitrogens with one attached hydrogen (secondary N) is 2. The molecule has 2 rings (SSSR count). The van der Waals surface area contributed by atoms with E-state index in [1.807, 2.05) is 0 Å².